The van der Waals surface area contributed by atoms with E-state index in [1.54, 1.807) is 13.3 Å². The number of aromatic nitrogens is 3. The molecule has 2 N–H and O–H groups in total. The molecule has 170 valence electrons. The highest BCUT2D eigenvalue weighted by molar-refractivity contribution is 5.83. The Hall–Kier alpha value is -3.13. The topological polar surface area (TPSA) is 83.4 Å². The molecule has 0 amide bonds. The fraction of sp³-hybridized carbons (Fsp3) is 0.346. The smallest absolute Gasteiger partial charge is 0.119 e. The van der Waals surface area contributed by atoms with E-state index in [1.807, 2.05) is 42.5 Å². The van der Waals surface area contributed by atoms with Crippen LogP contribution in [0.2, 0.25) is 0 Å². The van der Waals surface area contributed by atoms with Gasteiger partial charge in [-0.15, -0.1) is 0 Å². The van der Waals surface area contributed by atoms with E-state index in [4.69, 9.17) is 4.74 Å². The van der Waals surface area contributed by atoms with Gasteiger partial charge in [0.2, 0.25) is 0 Å². The van der Waals surface area contributed by atoms with Crippen LogP contribution in [0.15, 0.2) is 60.8 Å². The SMILES string of the molecule is COc1ccc2nccc([C@@H](O)CN3CCC(NCc4cc5ccccc5nn4)CC3)c2c1. The molecule has 7 heteroatoms. The molecule has 1 saturated heterocycles. The number of hydrogen-bond acceptors (Lipinski definition) is 7. The second kappa shape index (κ2) is 9.79. The number of piperidine rings is 1. The summed E-state index contributed by atoms with van der Waals surface area (Å²) < 4.78 is 5.36. The van der Waals surface area contributed by atoms with Gasteiger partial charge < -0.3 is 20.1 Å². The molecule has 1 aliphatic heterocycles. The number of methoxy groups -OCH3 is 1. The Kier molecular flexibility index (Phi) is 6.44. The summed E-state index contributed by atoms with van der Waals surface area (Å²) in [5.74, 6) is 0.770. The zero-order valence-corrected chi connectivity index (χ0v) is 18.8. The Morgan fingerprint density at radius 2 is 1.91 bits per heavy atom. The lowest BCUT2D eigenvalue weighted by molar-refractivity contribution is 0.0948. The van der Waals surface area contributed by atoms with Crippen molar-refractivity contribution in [3.05, 3.63) is 72.1 Å². The summed E-state index contributed by atoms with van der Waals surface area (Å²) in [6.07, 6.45) is 3.27. The molecular formula is C26H29N5O2. The number of aliphatic hydroxyl groups is 1. The van der Waals surface area contributed by atoms with Crippen LogP contribution in [0.1, 0.15) is 30.2 Å². The van der Waals surface area contributed by atoms with Gasteiger partial charge in [0.1, 0.15) is 5.75 Å². The predicted octanol–water partition coefficient (Wildman–Crippen LogP) is 3.47. The number of likely N-dealkylation sites (tertiary alicyclic amines) is 1. The first-order valence-electron chi connectivity index (χ1n) is 11.5. The van der Waals surface area contributed by atoms with E-state index >= 15 is 0 Å². The summed E-state index contributed by atoms with van der Waals surface area (Å²) in [4.78, 5) is 6.76. The second-order valence-corrected chi connectivity index (χ2v) is 8.65. The number of aliphatic hydroxyl groups excluding tert-OH is 1. The van der Waals surface area contributed by atoms with E-state index in [-0.39, 0.29) is 0 Å². The maximum atomic E-state index is 11.0. The van der Waals surface area contributed by atoms with Crippen LogP contribution >= 0.6 is 0 Å². The van der Waals surface area contributed by atoms with E-state index in [0.717, 1.165) is 71.3 Å². The average Bonchev–Trinajstić information content (AvgIpc) is 2.87. The second-order valence-electron chi connectivity index (χ2n) is 8.65. The molecule has 1 aliphatic rings. The van der Waals surface area contributed by atoms with Crippen molar-refractivity contribution in [3.63, 3.8) is 0 Å². The van der Waals surface area contributed by atoms with Crippen molar-refractivity contribution in [2.75, 3.05) is 26.7 Å². The van der Waals surface area contributed by atoms with Crippen LogP contribution in [0.5, 0.6) is 5.75 Å². The van der Waals surface area contributed by atoms with Crippen molar-refractivity contribution < 1.29 is 9.84 Å². The van der Waals surface area contributed by atoms with Crippen LogP contribution in [0.3, 0.4) is 0 Å². The molecular weight excluding hydrogens is 414 g/mol. The van der Waals surface area contributed by atoms with Gasteiger partial charge in [0.15, 0.2) is 0 Å². The van der Waals surface area contributed by atoms with E-state index < -0.39 is 6.10 Å². The van der Waals surface area contributed by atoms with Crippen LogP contribution in [0, 0.1) is 0 Å². The van der Waals surface area contributed by atoms with Gasteiger partial charge in [-0.1, -0.05) is 18.2 Å². The van der Waals surface area contributed by atoms with Crippen LogP contribution in [0.25, 0.3) is 21.8 Å². The minimum Gasteiger partial charge on any atom is -0.497 e. The first-order chi connectivity index (χ1) is 16.2. The summed E-state index contributed by atoms with van der Waals surface area (Å²) in [6, 6.07) is 18.3. The number of rotatable bonds is 7. The van der Waals surface area contributed by atoms with Crippen molar-refractivity contribution in [2.24, 2.45) is 0 Å². The number of nitrogens with one attached hydrogen (secondary N) is 1. The van der Waals surface area contributed by atoms with Crippen molar-refractivity contribution in [3.8, 4) is 5.75 Å². The van der Waals surface area contributed by atoms with Crippen LogP contribution in [0.4, 0.5) is 0 Å². The van der Waals surface area contributed by atoms with Crippen molar-refractivity contribution in [1.29, 1.82) is 0 Å². The zero-order chi connectivity index (χ0) is 22.6. The molecule has 0 saturated carbocycles. The lowest BCUT2D eigenvalue weighted by Crippen LogP contribution is -2.43. The number of ether oxygens (including phenoxy) is 1. The molecule has 0 spiro atoms. The van der Waals surface area contributed by atoms with Crippen molar-refractivity contribution >= 4 is 21.8 Å². The van der Waals surface area contributed by atoms with Crippen LogP contribution in [-0.2, 0) is 6.54 Å². The third-order valence-electron chi connectivity index (χ3n) is 6.48. The van der Waals surface area contributed by atoms with Gasteiger partial charge in [-0.05, 0) is 67.9 Å². The number of fused-ring (bicyclic) bond motifs is 2. The largest absolute Gasteiger partial charge is 0.497 e. The lowest BCUT2D eigenvalue weighted by atomic mass is 10.0. The highest BCUT2D eigenvalue weighted by Crippen LogP contribution is 2.27. The van der Waals surface area contributed by atoms with E-state index in [9.17, 15) is 5.11 Å². The summed E-state index contributed by atoms with van der Waals surface area (Å²) in [5, 5.41) is 25.3. The quantitative estimate of drug-likeness (QED) is 0.452. The first kappa shape index (κ1) is 21.7. The third kappa shape index (κ3) is 4.95. The van der Waals surface area contributed by atoms with Gasteiger partial charge in [-0.25, -0.2) is 0 Å². The molecule has 0 unspecified atom stereocenters. The first-order valence-corrected chi connectivity index (χ1v) is 11.5. The average molecular weight is 444 g/mol. The fourth-order valence-electron chi connectivity index (χ4n) is 4.59. The molecule has 1 atom stereocenters. The molecule has 0 bridgehead atoms. The summed E-state index contributed by atoms with van der Waals surface area (Å²) in [7, 11) is 1.65. The summed E-state index contributed by atoms with van der Waals surface area (Å²) in [5.41, 5.74) is 3.65. The van der Waals surface area contributed by atoms with Gasteiger partial charge in [0.05, 0.1) is 29.9 Å². The monoisotopic (exact) mass is 443 g/mol. The van der Waals surface area contributed by atoms with Crippen molar-refractivity contribution in [1.82, 2.24) is 25.4 Å². The maximum absolute atomic E-state index is 11.0. The number of pyridine rings is 1. The molecule has 3 heterocycles. The maximum Gasteiger partial charge on any atom is 0.119 e. The molecule has 2 aromatic heterocycles. The molecule has 0 radical (unpaired) electrons. The predicted molar refractivity (Wildman–Crippen MR) is 129 cm³/mol. The Balaban J connectivity index is 1.15. The number of β-amino-alcohol motifs (C(OH)–C–C–N with tert-alkyl or cyclic N) is 1. The molecule has 33 heavy (non-hydrogen) atoms. The summed E-state index contributed by atoms with van der Waals surface area (Å²) in [6.45, 7) is 3.23. The highest BCUT2D eigenvalue weighted by Gasteiger charge is 2.22. The van der Waals surface area contributed by atoms with Crippen LogP contribution < -0.4 is 10.1 Å². The minimum absolute atomic E-state index is 0.442. The molecule has 7 nitrogen and oxygen atoms in total. The Morgan fingerprint density at radius 1 is 1.06 bits per heavy atom. The Labute approximate surface area is 193 Å². The minimum atomic E-state index is -0.569. The van der Waals surface area contributed by atoms with Gasteiger partial charge in [0.25, 0.3) is 0 Å². The lowest BCUT2D eigenvalue weighted by Gasteiger charge is -2.33. The van der Waals surface area contributed by atoms with E-state index in [1.165, 1.54) is 0 Å². The Bertz CT molecular complexity index is 1240. The van der Waals surface area contributed by atoms with Crippen molar-refractivity contribution in [2.45, 2.75) is 31.5 Å². The zero-order valence-electron chi connectivity index (χ0n) is 18.8. The van der Waals surface area contributed by atoms with E-state index in [2.05, 4.69) is 37.5 Å². The Morgan fingerprint density at radius 3 is 2.76 bits per heavy atom. The van der Waals surface area contributed by atoms with Gasteiger partial charge in [-0.3, -0.25) is 4.98 Å². The normalized spacial score (nSPS) is 16.3. The van der Waals surface area contributed by atoms with Gasteiger partial charge in [0, 0.05) is 36.1 Å². The number of hydrogen-bond donors (Lipinski definition) is 2. The molecule has 0 aliphatic carbocycles. The summed E-state index contributed by atoms with van der Waals surface area (Å²) >= 11 is 0. The molecule has 5 rings (SSSR count). The third-order valence-corrected chi connectivity index (χ3v) is 6.48. The number of nitrogens with zero attached hydrogens (tertiary/aromatic N) is 4. The number of benzene rings is 2. The standard InChI is InChI=1S/C26H29N5O2/c1-33-21-6-7-25-23(15-21)22(8-11-27-25)26(32)17-31-12-9-19(10-13-31)28-16-20-14-18-4-2-3-5-24(18)30-29-20/h2-8,11,14-15,19,26,28,32H,9-10,12-13,16-17H2,1H3/t26-/m0/s1. The molecule has 4 aromatic rings. The van der Waals surface area contributed by atoms with E-state index in [0.29, 0.717) is 12.6 Å². The highest BCUT2D eigenvalue weighted by atomic mass is 16.5. The van der Waals surface area contributed by atoms with Gasteiger partial charge in [-0.2, -0.15) is 10.2 Å². The van der Waals surface area contributed by atoms with Crippen LogP contribution in [-0.4, -0.2) is 58.0 Å². The molecule has 1 fully saturated rings. The fourth-order valence-corrected chi connectivity index (χ4v) is 4.59. The van der Waals surface area contributed by atoms with Gasteiger partial charge >= 0.3 is 0 Å². The molecule has 2 aromatic carbocycles.